The van der Waals surface area contributed by atoms with E-state index in [1.54, 1.807) is 12.1 Å². The van der Waals surface area contributed by atoms with Crippen LogP contribution in [0.3, 0.4) is 0 Å². The van der Waals surface area contributed by atoms with Crippen LogP contribution in [0.4, 0.5) is 5.69 Å². The maximum absolute atomic E-state index is 12.3. The summed E-state index contributed by atoms with van der Waals surface area (Å²) in [6, 6.07) is 10.5. The second-order valence-corrected chi connectivity index (χ2v) is 6.54. The molecule has 3 N–H and O–H groups in total. The number of nitrogens with two attached hydrogens (primary N) is 1. The largest absolute Gasteiger partial charge is 0.366 e. The highest BCUT2D eigenvalue weighted by Crippen LogP contribution is 2.24. The number of nitrogens with one attached hydrogen (secondary N) is 1. The van der Waals surface area contributed by atoms with E-state index in [1.165, 1.54) is 30.3 Å². The summed E-state index contributed by atoms with van der Waals surface area (Å²) in [6.07, 6.45) is 0. The van der Waals surface area contributed by atoms with Gasteiger partial charge in [-0.05, 0) is 48.9 Å². The summed E-state index contributed by atoms with van der Waals surface area (Å²) in [5.74, 6) is -0.578. The van der Waals surface area contributed by atoms with Gasteiger partial charge in [0.1, 0.15) is 4.90 Å². The molecule has 0 bridgehead atoms. The van der Waals surface area contributed by atoms with E-state index >= 15 is 0 Å². The number of carbonyl (C=O) groups excluding carboxylic acids is 1. The first-order chi connectivity index (χ1) is 9.79. The van der Waals surface area contributed by atoms with Gasteiger partial charge in [-0.25, -0.2) is 8.42 Å². The van der Waals surface area contributed by atoms with Gasteiger partial charge in [0, 0.05) is 11.3 Å². The molecule has 21 heavy (non-hydrogen) atoms. The number of rotatable bonds is 4. The van der Waals surface area contributed by atoms with Crippen molar-refractivity contribution in [2.75, 3.05) is 4.72 Å². The molecule has 7 heteroatoms. The van der Waals surface area contributed by atoms with Crippen molar-refractivity contribution in [1.29, 1.82) is 0 Å². The zero-order valence-electron chi connectivity index (χ0n) is 11.1. The Bertz CT molecular complexity index is 786. The Morgan fingerprint density at radius 3 is 2.29 bits per heavy atom. The van der Waals surface area contributed by atoms with Crippen molar-refractivity contribution < 1.29 is 13.2 Å². The van der Waals surface area contributed by atoms with Gasteiger partial charge in [-0.1, -0.05) is 17.7 Å². The van der Waals surface area contributed by atoms with E-state index < -0.39 is 15.9 Å². The number of primary amides is 1. The van der Waals surface area contributed by atoms with E-state index in [2.05, 4.69) is 4.72 Å². The van der Waals surface area contributed by atoms with Gasteiger partial charge in [0.05, 0.1) is 5.02 Å². The molecule has 2 aromatic carbocycles. The predicted octanol–water partition coefficient (Wildman–Crippen LogP) is 2.55. The maximum atomic E-state index is 12.3. The van der Waals surface area contributed by atoms with Crippen LogP contribution >= 0.6 is 11.6 Å². The summed E-state index contributed by atoms with van der Waals surface area (Å²) in [7, 11) is -3.79. The van der Waals surface area contributed by atoms with Crippen LogP contribution in [-0.2, 0) is 10.0 Å². The molecule has 0 aliphatic rings. The third kappa shape index (κ3) is 3.53. The van der Waals surface area contributed by atoms with Gasteiger partial charge in [-0.2, -0.15) is 0 Å². The van der Waals surface area contributed by atoms with Crippen LogP contribution in [0.5, 0.6) is 0 Å². The Morgan fingerprint density at radius 2 is 1.76 bits per heavy atom. The average Bonchev–Trinajstić information content (AvgIpc) is 2.38. The summed E-state index contributed by atoms with van der Waals surface area (Å²) >= 11 is 5.97. The molecule has 0 spiro atoms. The van der Waals surface area contributed by atoms with Gasteiger partial charge >= 0.3 is 0 Å². The number of amides is 1. The summed E-state index contributed by atoms with van der Waals surface area (Å²) in [5, 5.41) is 0.149. The van der Waals surface area contributed by atoms with Gasteiger partial charge in [0.2, 0.25) is 5.91 Å². The Hall–Kier alpha value is -2.05. The topological polar surface area (TPSA) is 89.3 Å². The number of benzene rings is 2. The molecule has 0 saturated heterocycles. The lowest BCUT2D eigenvalue weighted by molar-refractivity contribution is 0.100. The predicted molar refractivity (Wildman–Crippen MR) is 82.0 cm³/mol. The van der Waals surface area contributed by atoms with Crippen molar-refractivity contribution in [2.24, 2.45) is 5.73 Å². The van der Waals surface area contributed by atoms with Gasteiger partial charge in [0.15, 0.2) is 0 Å². The SMILES string of the molecule is Cc1ccc(S(=O)(=O)Nc2ccc(C(N)=O)cc2)c(Cl)c1. The Labute approximate surface area is 127 Å². The lowest BCUT2D eigenvalue weighted by Gasteiger charge is -2.10. The summed E-state index contributed by atoms with van der Waals surface area (Å²) < 4.78 is 26.9. The number of aryl methyl sites for hydroxylation is 1. The molecule has 0 aliphatic carbocycles. The number of hydrogen-bond donors (Lipinski definition) is 2. The van der Waals surface area contributed by atoms with Gasteiger partial charge in [-0.15, -0.1) is 0 Å². The van der Waals surface area contributed by atoms with Gasteiger partial charge in [-0.3, -0.25) is 9.52 Å². The normalized spacial score (nSPS) is 11.1. The molecule has 5 nitrogen and oxygen atoms in total. The zero-order chi connectivity index (χ0) is 15.6. The van der Waals surface area contributed by atoms with E-state index in [1.807, 2.05) is 6.92 Å². The van der Waals surface area contributed by atoms with Crippen LogP contribution in [0.2, 0.25) is 5.02 Å². The molecule has 2 aromatic rings. The van der Waals surface area contributed by atoms with Crippen LogP contribution in [0.25, 0.3) is 0 Å². The average molecular weight is 325 g/mol. The second-order valence-electron chi connectivity index (χ2n) is 4.48. The highest BCUT2D eigenvalue weighted by atomic mass is 35.5. The zero-order valence-corrected chi connectivity index (χ0v) is 12.7. The molecule has 0 atom stereocenters. The minimum atomic E-state index is -3.79. The van der Waals surface area contributed by atoms with Crippen LogP contribution in [0.1, 0.15) is 15.9 Å². The fourth-order valence-corrected chi connectivity index (χ4v) is 3.40. The van der Waals surface area contributed by atoms with Crippen molar-refractivity contribution >= 4 is 33.2 Å². The van der Waals surface area contributed by atoms with Crippen LogP contribution < -0.4 is 10.5 Å². The van der Waals surface area contributed by atoms with E-state index in [4.69, 9.17) is 17.3 Å². The molecule has 110 valence electrons. The standard InChI is InChI=1S/C14H13ClN2O3S/c1-9-2-7-13(12(15)8-9)21(19,20)17-11-5-3-10(4-6-11)14(16)18/h2-8,17H,1H3,(H2,16,18). The molecule has 0 saturated carbocycles. The van der Waals surface area contributed by atoms with Gasteiger partial charge in [0.25, 0.3) is 10.0 Å². The number of halogens is 1. The van der Waals surface area contributed by atoms with E-state index in [0.29, 0.717) is 11.3 Å². The molecule has 1 amide bonds. The van der Waals surface area contributed by atoms with Gasteiger partial charge < -0.3 is 5.73 Å². The Balaban J connectivity index is 2.30. The maximum Gasteiger partial charge on any atom is 0.263 e. The second kappa shape index (κ2) is 5.75. The minimum Gasteiger partial charge on any atom is -0.366 e. The molecule has 0 unspecified atom stereocenters. The third-order valence-electron chi connectivity index (χ3n) is 2.80. The quantitative estimate of drug-likeness (QED) is 0.905. The smallest absolute Gasteiger partial charge is 0.263 e. The summed E-state index contributed by atoms with van der Waals surface area (Å²) in [4.78, 5) is 11.0. The number of carbonyl (C=O) groups is 1. The first kappa shape index (κ1) is 15.3. The first-order valence-electron chi connectivity index (χ1n) is 5.98. The van der Waals surface area contributed by atoms with Crippen LogP contribution in [0.15, 0.2) is 47.4 Å². The lowest BCUT2D eigenvalue weighted by atomic mass is 10.2. The molecular formula is C14H13ClN2O3S. The van der Waals surface area contributed by atoms with Crippen LogP contribution in [0, 0.1) is 6.92 Å². The molecule has 2 rings (SSSR count). The van der Waals surface area contributed by atoms with Crippen LogP contribution in [-0.4, -0.2) is 14.3 Å². The summed E-state index contributed by atoms with van der Waals surface area (Å²) in [6.45, 7) is 1.82. The highest BCUT2D eigenvalue weighted by molar-refractivity contribution is 7.92. The van der Waals surface area contributed by atoms with Crippen molar-refractivity contribution in [1.82, 2.24) is 0 Å². The number of anilines is 1. The van der Waals surface area contributed by atoms with Crippen molar-refractivity contribution in [3.8, 4) is 0 Å². The Kier molecular flexibility index (Phi) is 4.20. The number of hydrogen-bond acceptors (Lipinski definition) is 3. The van der Waals surface area contributed by atoms with Crippen molar-refractivity contribution in [3.63, 3.8) is 0 Å². The fourth-order valence-electron chi connectivity index (χ4n) is 1.74. The van der Waals surface area contributed by atoms with E-state index in [9.17, 15) is 13.2 Å². The number of sulfonamides is 1. The lowest BCUT2D eigenvalue weighted by Crippen LogP contribution is -2.14. The molecule has 0 aliphatic heterocycles. The van der Waals surface area contributed by atoms with E-state index in [-0.39, 0.29) is 9.92 Å². The summed E-state index contributed by atoms with van der Waals surface area (Å²) in [5.41, 5.74) is 6.60. The highest BCUT2D eigenvalue weighted by Gasteiger charge is 2.18. The fraction of sp³-hybridized carbons (Fsp3) is 0.0714. The molecule has 0 radical (unpaired) electrons. The van der Waals surface area contributed by atoms with Crippen molar-refractivity contribution in [2.45, 2.75) is 11.8 Å². The molecule has 0 fully saturated rings. The molecule has 0 heterocycles. The molecule has 0 aromatic heterocycles. The monoisotopic (exact) mass is 324 g/mol. The van der Waals surface area contributed by atoms with Crippen molar-refractivity contribution in [3.05, 3.63) is 58.6 Å². The first-order valence-corrected chi connectivity index (χ1v) is 7.84. The molecular weight excluding hydrogens is 312 g/mol. The Morgan fingerprint density at radius 1 is 1.14 bits per heavy atom. The minimum absolute atomic E-state index is 0.00579. The third-order valence-corrected chi connectivity index (χ3v) is 4.66. The van der Waals surface area contributed by atoms with E-state index in [0.717, 1.165) is 5.56 Å².